The third-order valence-corrected chi connectivity index (χ3v) is 4.34. The maximum absolute atomic E-state index is 4.71. The molecule has 148 valence electrons. The molecule has 0 saturated carbocycles. The van der Waals surface area contributed by atoms with Crippen molar-refractivity contribution in [3.05, 3.63) is 89.2 Å². The first-order valence-corrected chi connectivity index (χ1v) is 9.36. The molecule has 5 nitrogen and oxygen atoms in total. The van der Waals surface area contributed by atoms with Gasteiger partial charge in [-0.05, 0) is 36.6 Å². The summed E-state index contributed by atoms with van der Waals surface area (Å²) < 4.78 is 1.94. The van der Waals surface area contributed by atoms with Gasteiger partial charge in [0.1, 0.15) is 0 Å². The van der Waals surface area contributed by atoms with Gasteiger partial charge in [0.15, 0.2) is 5.96 Å². The predicted octanol–water partition coefficient (Wildman–Crippen LogP) is 4.11. The van der Waals surface area contributed by atoms with E-state index in [-0.39, 0.29) is 24.0 Å². The summed E-state index contributed by atoms with van der Waals surface area (Å²) in [7, 11) is 0. The van der Waals surface area contributed by atoms with Crippen LogP contribution in [0, 0.1) is 6.92 Å². The van der Waals surface area contributed by atoms with E-state index in [0.29, 0.717) is 6.54 Å². The monoisotopic (exact) mass is 489 g/mol. The average molecular weight is 489 g/mol. The van der Waals surface area contributed by atoms with E-state index >= 15 is 0 Å². The van der Waals surface area contributed by atoms with E-state index < -0.39 is 0 Å². The van der Waals surface area contributed by atoms with Crippen molar-refractivity contribution >= 4 is 29.9 Å². The van der Waals surface area contributed by atoms with Crippen LogP contribution in [0.25, 0.3) is 0 Å². The summed E-state index contributed by atoms with van der Waals surface area (Å²) in [6.45, 7) is 7.15. The SMILES string of the molecule is CCNC(=NCc1ccc(C)cc1)NCc1ccccc1Cn1cccn1.I. The minimum absolute atomic E-state index is 0. The average Bonchev–Trinajstić information content (AvgIpc) is 3.19. The molecule has 2 N–H and O–H groups in total. The van der Waals surface area contributed by atoms with Crippen LogP contribution in [-0.4, -0.2) is 22.3 Å². The third kappa shape index (κ3) is 6.67. The van der Waals surface area contributed by atoms with Gasteiger partial charge in [-0.3, -0.25) is 4.68 Å². The van der Waals surface area contributed by atoms with Crippen molar-refractivity contribution in [3.8, 4) is 0 Å². The summed E-state index contributed by atoms with van der Waals surface area (Å²) in [6.07, 6.45) is 3.79. The Labute approximate surface area is 184 Å². The van der Waals surface area contributed by atoms with Crippen LogP contribution in [0.5, 0.6) is 0 Å². The van der Waals surface area contributed by atoms with E-state index in [0.717, 1.165) is 25.6 Å². The standard InChI is InChI=1S/C22H27N5.HI/c1-3-23-22(24-15-19-11-9-18(2)10-12-19)25-16-20-7-4-5-8-21(20)17-27-14-6-13-26-27;/h4-14H,3,15-17H2,1-2H3,(H2,23,24,25);1H. The van der Waals surface area contributed by atoms with Crippen LogP contribution in [-0.2, 0) is 19.6 Å². The zero-order valence-corrected chi connectivity index (χ0v) is 18.8. The number of hydrogen-bond acceptors (Lipinski definition) is 2. The van der Waals surface area contributed by atoms with Gasteiger partial charge in [0.25, 0.3) is 0 Å². The second-order valence-corrected chi connectivity index (χ2v) is 6.51. The molecule has 28 heavy (non-hydrogen) atoms. The van der Waals surface area contributed by atoms with Gasteiger partial charge >= 0.3 is 0 Å². The van der Waals surface area contributed by atoms with E-state index in [1.54, 1.807) is 0 Å². The van der Waals surface area contributed by atoms with Gasteiger partial charge in [0.05, 0.1) is 13.1 Å². The summed E-state index contributed by atoms with van der Waals surface area (Å²) in [5.74, 6) is 0.826. The first-order chi connectivity index (χ1) is 13.2. The van der Waals surface area contributed by atoms with Crippen LogP contribution in [0.3, 0.4) is 0 Å². The maximum atomic E-state index is 4.71. The van der Waals surface area contributed by atoms with Crippen molar-refractivity contribution in [1.82, 2.24) is 20.4 Å². The molecule has 0 saturated heterocycles. The second kappa shape index (κ2) is 11.5. The lowest BCUT2D eigenvalue weighted by Gasteiger charge is -2.14. The molecular weight excluding hydrogens is 461 g/mol. The molecule has 0 aliphatic rings. The molecule has 1 aromatic heterocycles. The van der Waals surface area contributed by atoms with Crippen LogP contribution in [0.2, 0.25) is 0 Å². The molecule has 0 atom stereocenters. The van der Waals surface area contributed by atoms with Crippen LogP contribution in [0.1, 0.15) is 29.2 Å². The molecule has 0 unspecified atom stereocenters. The lowest BCUT2D eigenvalue weighted by atomic mass is 10.1. The molecule has 0 radical (unpaired) electrons. The quantitative estimate of drug-likeness (QED) is 0.299. The zero-order valence-electron chi connectivity index (χ0n) is 16.4. The van der Waals surface area contributed by atoms with Gasteiger partial charge in [-0.1, -0.05) is 54.1 Å². The number of nitrogens with zero attached hydrogens (tertiary/aromatic N) is 3. The molecule has 3 rings (SSSR count). The van der Waals surface area contributed by atoms with Crippen molar-refractivity contribution in [1.29, 1.82) is 0 Å². The summed E-state index contributed by atoms with van der Waals surface area (Å²) >= 11 is 0. The number of rotatable bonds is 7. The fourth-order valence-corrected chi connectivity index (χ4v) is 2.84. The zero-order chi connectivity index (χ0) is 18.9. The molecule has 3 aromatic rings. The number of halogens is 1. The Kier molecular flexibility index (Phi) is 9.00. The summed E-state index contributed by atoms with van der Waals surface area (Å²) in [6, 6.07) is 18.9. The van der Waals surface area contributed by atoms with Gasteiger partial charge in [-0.2, -0.15) is 5.10 Å². The smallest absolute Gasteiger partial charge is 0.191 e. The van der Waals surface area contributed by atoms with Crippen LogP contribution >= 0.6 is 24.0 Å². The van der Waals surface area contributed by atoms with Gasteiger partial charge in [-0.25, -0.2) is 4.99 Å². The molecule has 0 aliphatic carbocycles. The van der Waals surface area contributed by atoms with Gasteiger partial charge in [0, 0.05) is 25.5 Å². The molecule has 1 heterocycles. The molecular formula is C22H28IN5. The first-order valence-electron chi connectivity index (χ1n) is 9.36. The molecule has 2 aromatic carbocycles. The first kappa shape index (κ1) is 21.9. The Bertz CT molecular complexity index is 857. The summed E-state index contributed by atoms with van der Waals surface area (Å²) in [5.41, 5.74) is 4.97. The fraction of sp³-hybridized carbons (Fsp3) is 0.273. The Morgan fingerprint density at radius 2 is 1.75 bits per heavy atom. The Hall–Kier alpha value is -2.35. The molecule has 0 aliphatic heterocycles. The number of aliphatic imine (C=N–C) groups is 1. The molecule has 0 fully saturated rings. The normalized spacial score (nSPS) is 11.0. The predicted molar refractivity (Wildman–Crippen MR) is 126 cm³/mol. The lowest BCUT2D eigenvalue weighted by molar-refractivity contribution is 0.677. The minimum atomic E-state index is 0. The molecule has 6 heteroatoms. The number of hydrogen-bond donors (Lipinski definition) is 2. The highest BCUT2D eigenvalue weighted by molar-refractivity contribution is 14.0. The largest absolute Gasteiger partial charge is 0.357 e. The highest BCUT2D eigenvalue weighted by atomic mass is 127. The number of benzene rings is 2. The minimum Gasteiger partial charge on any atom is -0.357 e. The molecule has 0 bridgehead atoms. The number of aromatic nitrogens is 2. The summed E-state index contributed by atoms with van der Waals surface area (Å²) in [4.78, 5) is 4.71. The Balaban J connectivity index is 0.00000280. The van der Waals surface area contributed by atoms with E-state index in [4.69, 9.17) is 4.99 Å². The highest BCUT2D eigenvalue weighted by Crippen LogP contribution is 2.10. The fourth-order valence-electron chi connectivity index (χ4n) is 2.84. The lowest BCUT2D eigenvalue weighted by Crippen LogP contribution is -2.37. The highest BCUT2D eigenvalue weighted by Gasteiger charge is 2.05. The Morgan fingerprint density at radius 3 is 2.43 bits per heavy atom. The van der Waals surface area contributed by atoms with E-state index in [1.165, 1.54) is 22.3 Å². The van der Waals surface area contributed by atoms with E-state index in [9.17, 15) is 0 Å². The number of nitrogens with one attached hydrogen (secondary N) is 2. The number of aryl methyl sites for hydroxylation is 1. The topological polar surface area (TPSA) is 54.2 Å². The molecule has 0 amide bonds. The third-order valence-electron chi connectivity index (χ3n) is 4.34. The Morgan fingerprint density at radius 1 is 1.00 bits per heavy atom. The van der Waals surface area contributed by atoms with Crippen LogP contribution in [0.4, 0.5) is 0 Å². The van der Waals surface area contributed by atoms with Crippen molar-refractivity contribution in [2.45, 2.75) is 33.5 Å². The van der Waals surface area contributed by atoms with Crippen molar-refractivity contribution < 1.29 is 0 Å². The summed E-state index contributed by atoms with van der Waals surface area (Å²) in [5, 5.41) is 11.1. The van der Waals surface area contributed by atoms with Crippen LogP contribution in [0.15, 0.2) is 72.0 Å². The van der Waals surface area contributed by atoms with Gasteiger partial charge in [0.2, 0.25) is 0 Å². The maximum Gasteiger partial charge on any atom is 0.191 e. The molecule has 0 spiro atoms. The van der Waals surface area contributed by atoms with Gasteiger partial charge in [-0.15, -0.1) is 24.0 Å². The van der Waals surface area contributed by atoms with Crippen LogP contribution < -0.4 is 10.6 Å². The van der Waals surface area contributed by atoms with Crippen molar-refractivity contribution in [2.24, 2.45) is 4.99 Å². The van der Waals surface area contributed by atoms with Crippen molar-refractivity contribution in [3.63, 3.8) is 0 Å². The van der Waals surface area contributed by atoms with Crippen molar-refractivity contribution in [2.75, 3.05) is 6.54 Å². The second-order valence-electron chi connectivity index (χ2n) is 6.51. The number of guanidine groups is 1. The van der Waals surface area contributed by atoms with Gasteiger partial charge < -0.3 is 10.6 Å². The van der Waals surface area contributed by atoms with E-state index in [1.807, 2.05) is 23.1 Å². The van der Waals surface area contributed by atoms with E-state index in [2.05, 4.69) is 78.1 Å².